The molecule has 1 nitrogen and oxygen atoms in total. The van der Waals surface area contributed by atoms with Gasteiger partial charge in [0.2, 0.25) is 0 Å². The van der Waals surface area contributed by atoms with Crippen LogP contribution in [-0.2, 0) is 4.79 Å². The van der Waals surface area contributed by atoms with Crippen molar-refractivity contribution in [3.8, 4) is 0 Å². The zero-order valence-corrected chi connectivity index (χ0v) is 6.01. The van der Waals surface area contributed by atoms with Gasteiger partial charge in [-0.05, 0) is 0 Å². The Kier molecular flexibility index (Phi) is 5.94. The Labute approximate surface area is 50.2 Å². The molecule has 0 bridgehead atoms. The number of hydrogen-bond acceptors (Lipinski definition) is 1. The maximum absolute atomic E-state index is 9.44. The Morgan fingerprint density at radius 1 is 1.67 bits per heavy atom. The van der Waals surface area contributed by atoms with Crippen LogP contribution in [0.2, 0.25) is 0 Å². The van der Waals surface area contributed by atoms with Gasteiger partial charge >= 0.3 is 50.0 Å². The average Bonchev–Trinajstić information content (AvgIpc) is 1.61. The molecule has 3 heteroatoms. The van der Waals surface area contributed by atoms with Gasteiger partial charge in [-0.1, -0.05) is 0 Å². The first-order chi connectivity index (χ1) is 2.91. The first kappa shape index (κ1) is 6.49. The summed E-state index contributed by atoms with van der Waals surface area (Å²) >= 11 is -0.476. The van der Waals surface area contributed by atoms with Gasteiger partial charge in [0, 0.05) is 0 Å². The van der Waals surface area contributed by atoms with Crippen LogP contribution in [0.4, 0.5) is 0 Å². The molecule has 34 valence electrons. The van der Waals surface area contributed by atoms with Gasteiger partial charge in [-0.15, -0.1) is 0 Å². The maximum atomic E-state index is 9.44. The Morgan fingerprint density at radius 2 is 2.33 bits per heavy atom. The van der Waals surface area contributed by atoms with Gasteiger partial charge in [0.15, 0.2) is 0 Å². The van der Waals surface area contributed by atoms with E-state index in [0.717, 1.165) is 6.29 Å². The van der Waals surface area contributed by atoms with Crippen molar-refractivity contribution in [3.05, 3.63) is 10.2 Å². The molecular formula is C3H3ClOTe. The van der Waals surface area contributed by atoms with Crippen LogP contribution in [0.15, 0.2) is 10.2 Å². The summed E-state index contributed by atoms with van der Waals surface area (Å²) in [5.41, 5.74) is 0. The molecule has 0 aromatic heterocycles. The summed E-state index contributed by atoms with van der Waals surface area (Å²) in [6.45, 7) is 0. The van der Waals surface area contributed by atoms with Crippen molar-refractivity contribution in [2.75, 3.05) is 0 Å². The summed E-state index contributed by atoms with van der Waals surface area (Å²) in [6, 6.07) is 0. The molecule has 0 saturated carbocycles. The molecule has 0 fully saturated rings. The molecule has 0 radical (unpaired) electrons. The van der Waals surface area contributed by atoms with Crippen molar-refractivity contribution in [1.29, 1.82) is 0 Å². The zero-order valence-electron chi connectivity index (χ0n) is 2.93. The van der Waals surface area contributed by atoms with Crippen LogP contribution >= 0.6 is 8.96 Å². The standard InChI is InChI=1S/C3H3ClOTe/c4-6-3-1-2-5/h1-3H/b3-1-. The molecule has 0 spiro atoms. The number of hydrogen-bond donors (Lipinski definition) is 0. The quantitative estimate of drug-likeness (QED) is 0.376. The second kappa shape index (κ2) is 5.49. The van der Waals surface area contributed by atoms with E-state index >= 15 is 0 Å². The summed E-state index contributed by atoms with van der Waals surface area (Å²) < 4.78 is 1.71. The van der Waals surface area contributed by atoms with Gasteiger partial charge < -0.3 is 0 Å². The van der Waals surface area contributed by atoms with E-state index in [4.69, 9.17) is 8.96 Å². The predicted molar refractivity (Wildman–Crippen MR) is 26.8 cm³/mol. The Hall–Kier alpha value is 0.490. The average molecular weight is 218 g/mol. The number of carbonyl (C=O) groups excluding carboxylic acids is 1. The Bertz CT molecular complexity index is 61.8. The first-order valence-corrected chi connectivity index (χ1v) is 5.59. The molecule has 0 N–H and O–H groups in total. The van der Waals surface area contributed by atoms with Crippen LogP contribution in [0.3, 0.4) is 0 Å². The number of carbonyl (C=O) groups is 1. The molecular weight excluding hydrogens is 215 g/mol. The summed E-state index contributed by atoms with van der Waals surface area (Å²) in [6.07, 6.45) is 2.16. The summed E-state index contributed by atoms with van der Waals surface area (Å²) in [5, 5.41) is 0. The van der Waals surface area contributed by atoms with Gasteiger partial charge in [0.05, 0.1) is 0 Å². The molecule has 0 aliphatic heterocycles. The fraction of sp³-hybridized carbons (Fsp3) is 0. The Balaban J connectivity index is 2.94. The molecule has 0 saturated heterocycles. The molecule has 0 rings (SSSR count). The fourth-order valence-corrected chi connectivity index (χ4v) is 0.813. The zero-order chi connectivity index (χ0) is 4.83. The summed E-state index contributed by atoms with van der Waals surface area (Å²) in [5.74, 6) is 0. The minimum absolute atomic E-state index is 0.476. The van der Waals surface area contributed by atoms with Crippen LogP contribution in [0.25, 0.3) is 0 Å². The molecule has 0 amide bonds. The van der Waals surface area contributed by atoms with Crippen molar-refractivity contribution < 1.29 is 4.79 Å². The van der Waals surface area contributed by atoms with Gasteiger partial charge in [0.1, 0.15) is 0 Å². The number of aldehydes is 1. The molecule has 6 heavy (non-hydrogen) atoms. The molecule has 0 heterocycles. The van der Waals surface area contributed by atoms with E-state index in [1.807, 2.05) is 0 Å². The van der Waals surface area contributed by atoms with Crippen LogP contribution in [0.1, 0.15) is 0 Å². The van der Waals surface area contributed by atoms with Gasteiger partial charge in [0.25, 0.3) is 0 Å². The van der Waals surface area contributed by atoms with Gasteiger partial charge in [-0.3, -0.25) is 0 Å². The third-order valence-electron chi connectivity index (χ3n) is 0.209. The van der Waals surface area contributed by atoms with E-state index in [1.54, 1.807) is 4.12 Å². The van der Waals surface area contributed by atoms with Crippen molar-refractivity contribution in [2.45, 2.75) is 0 Å². The predicted octanol–water partition coefficient (Wildman–Crippen LogP) is 0.557. The van der Waals surface area contributed by atoms with E-state index in [1.165, 1.54) is 6.08 Å². The van der Waals surface area contributed by atoms with Gasteiger partial charge in [-0.2, -0.15) is 0 Å². The van der Waals surface area contributed by atoms with Crippen molar-refractivity contribution >= 4 is 35.1 Å². The summed E-state index contributed by atoms with van der Waals surface area (Å²) in [4.78, 5) is 9.44. The van der Waals surface area contributed by atoms with Crippen LogP contribution in [-0.4, -0.2) is 26.1 Å². The van der Waals surface area contributed by atoms with Crippen molar-refractivity contribution in [2.24, 2.45) is 0 Å². The third kappa shape index (κ3) is 4.49. The molecule has 0 unspecified atom stereocenters. The molecule has 0 atom stereocenters. The fourth-order valence-electron chi connectivity index (χ4n) is 0.0618. The number of rotatable bonds is 2. The second-order valence-electron chi connectivity index (χ2n) is 0.554. The monoisotopic (exact) mass is 220 g/mol. The van der Waals surface area contributed by atoms with Crippen LogP contribution in [0, 0.1) is 0 Å². The van der Waals surface area contributed by atoms with Crippen molar-refractivity contribution in [1.82, 2.24) is 0 Å². The molecule has 0 aromatic carbocycles. The minimum atomic E-state index is -0.476. The van der Waals surface area contributed by atoms with E-state index in [2.05, 4.69) is 0 Å². The first-order valence-electron chi connectivity index (χ1n) is 1.29. The summed E-state index contributed by atoms with van der Waals surface area (Å²) in [7, 11) is 5.26. The van der Waals surface area contributed by atoms with Gasteiger partial charge in [-0.25, -0.2) is 0 Å². The van der Waals surface area contributed by atoms with E-state index < -0.39 is 19.8 Å². The number of allylic oxidation sites excluding steroid dienone is 1. The van der Waals surface area contributed by atoms with Crippen LogP contribution < -0.4 is 0 Å². The molecule has 0 aromatic rings. The normalized spacial score (nSPS) is 9.50. The topological polar surface area (TPSA) is 17.1 Å². The molecule has 0 aliphatic carbocycles. The SMILES string of the molecule is O=C/C=C\[Te]Cl. The second-order valence-corrected chi connectivity index (χ2v) is 3.03. The van der Waals surface area contributed by atoms with Crippen LogP contribution in [0.5, 0.6) is 0 Å². The Morgan fingerprint density at radius 3 is 2.50 bits per heavy atom. The van der Waals surface area contributed by atoms with Crippen molar-refractivity contribution in [3.63, 3.8) is 0 Å². The molecule has 0 aliphatic rings. The van der Waals surface area contributed by atoms with E-state index in [9.17, 15) is 4.79 Å². The number of halogens is 1. The van der Waals surface area contributed by atoms with E-state index in [-0.39, 0.29) is 0 Å². The van der Waals surface area contributed by atoms with E-state index in [0.29, 0.717) is 0 Å². The third-order valence-corrected chi connectivity index (χ3v) is 1.64.